The topological polar surface area (TPSA) is 55.6 Å². The zero-order chi connectivity index (χ0) is 14.5. The third-order valence-corrected chi connectivity index (χ3v) is 4.01. The molecule has 5 nitrogen and oxygen atoms in total. The molecule has 0 aromatic carbocycles. The van der Waals surface area contributed by atoms with E-state index < -0.39 is 0 Å². The molecular formula is C16H23N5. The third-order valence-electron chi connectivity index (χ3n) is 4.01. The monoisotopic (exact) mass is 285 g/mol. The molecule has 112 valence electrons. The molecule has 0 radical (unpaired) electrons. The van der Waals surface area contributed by atoms with Crippen LogP contribution in [0.3, 0.4) is 0 Å². The Bertz CT molecular complexity index is 572. The van der Waals surface area contributed by atoms with Crippen molar-refractivity contribution >= 4 is 0 Å². The van der Waals surface area contributed by atoms with Gasteiger partial charge < -0.3 is 5.32 Å². The van der Waals surface area contributed by atoms with E-state index in [1.165, 1.54) is 12.8 Å². The minimum Gasteiger partial charge on any atom is -0.316 e. The van der Waals surface area contributed by atoms with E-state index in [4.69, 9.17) is 0 Å². The number of piperidine rings is 1. The molecule has 0 spiro atoms. The van der Waals surface area contributed by atoms with Gasteiger partial charge >= 0.3 is 0 Å². The van der Waals surface area contributed by atoms with Gasteiger partial charge in [0.1, 0.15) is 0 Å². The summed E-state index contributed by atoms with van der Waals surface area (Å²) in [6.07, 6.45) is 12.2. The molecule has 5 heteroatoms. The van der Waals surface area contributed by atoms with Crippen LogP contribution in [-0.2, 0) is 13.0 Å². The molecule has 2 aromatic rings. The van der Waals surface area contributed by atoms with Crippen LogP contribution in [0.1, 0.15) is 31.9 Å². The predicted octanol–water partition coefficient (Wildman–Crippen LogP) is 2.29. The quantitative estimate of drug-likeness (QED) is 0.916. The van der Waals surface area contributed by atoms with Gasteiger partial charge in [-0.25, -0.2) is 0 Å². The highest BCUT2D eigenvalue weighted by molar-refractivity contribution is 5.59. The van der Waals surface area contributed by atoms with Gasteiger partial charge in [0.15, 0.2) is 0 Å². The van der Waals surface area contributed by atoms with Crippen molar-refractivity contribution in [3.63, 3.8) is 0 Å². The van der Waals surface area contributed by atoms with Crippen LogP contribution in [0.4, 0.5) is 0 Å². The first-order chi connectivity index (χ1) is 10.4. The molecule has 1 saturated heterocycles. The number of nitrogens with zero attached hydrogens (tertiary/aromatic N) is 4. The van der Waals surface area contributed by atoms with Crippen molar-refractivity contribution in [3.05, 3.63) is 30.5 Å². The Morgan fingerprint density at radius 2 is 2.24 bits per heavy atom. The summed E-state index contributed by atoms with van der Waals surface area (Å²) in [5.41, 5.74) is 3.17. The molecule has 0 unspecified atom stereocenters. The van der Waals surface area contributed by atoms with E-state index in [9.17, 15) is 0 Å². The van der Waals surface area contributed by atoms with Crippen molar-refractivity contribution in [1.82, 2.24) is 25.1 Å². The summed E-state index contributed by atoms with van der Waals surface area (Å²) in [6, 6.07) is 0. The fourth-order valence-corrected chi connectivity index (χ4v) is 2.97. The summed E-state index contributed by atoms with van der Waals surface area (Å²) < 4.78 is 1.98. The molecule has 2 aromatic heterocycles. The number of rotatable bonds is 5. The first kappa shape index (κ1) is 14.2. The Kier molecular flexibility index (Phi) is 4.60. The first-order valence-electron chi connectivity index (χ1n) is 7.90. The lowest BCUT2D eigenvalue weighted by Crippen LogP contribution is -2.31. The number of hydrogen-bond acceptors (Lipinski definition) is 4. The summed E-state index contributed by atoms with van der Waals surface area (Å²) in [7, 11) is 0. The van der Waals surface area contributed by atoms with Crippen LogP contribution < -0.4 is 5.32 Å². The van der Waals surface area contributed by atoms with Gasteiger partial charge in [-0.15, -0.1) is 0 Å². The summed E-state index contributed by atoms with van der Waals surface area (Å²) in [5, 5.41) is 7.88. The maximum absolute atomic E-state index is 4.58. The Balaban J connectivity index is 1.80. The number of aromatic nitrogens is 4. The Morgan fingerprint density at radius 3 is 3.05 bits per heavy atom. The van der Waals surface area contributed by atoms with Crippen molar-refractivity contribution in [2.24, 2.45) is 5.92 Å². The maximum atomic E-state index is 4.58. The van der Waals surface area contributed by atoms with E-state index in [1.54, 1.807) is 12.4 Å². The van der Waals surface area contributed by atoms with Crippen LogP contribution in [0.5, 0.6) is 0 Å². The van der Waals surface area contributed by atoms with Gasteiger partial charge in [-0.05, 0) is 44.7 Å². The van der Waals surface area contributed by atoms with Crippen LogP contribution in [0, 0.1) is 5.92 Å². The van der Waals surface area contributed by atoms with Crippen molar-refractivity contribution in [1.29, 1.82) is 0 Å². The Morgan fingerprint density at radius 1 is 1.33 bits per heavy atom. The molecule has 1 fully saturated rings. The first-order valence-corrected chi connectivity index (χ1v) is 7.90. The lowest BCUT2D eigenvalue weighted by molar-refractivity contribution is 0.373. The molecule has 1 aliphatic rings. The van der Waals surface area contributed by atoms with Gasteiger partial charge in [-0.1, -0.05) is 6.92 Å². The zero-order valence-electron chi connectivity index (χ0n) is 12.6. The predicted molar refractivity (Wildman–Crippen MR) is 82.8 cm³/mol. The number of nitrogens with one attached hydrogen (secondary N) is 1. The van der Waals surface area contributed by atoms with Gasteiger partial charge in [0.05, 0.1) is 17.6 Å². The smallest absolute Gasteiger partial charge is 0.0948 e. The third kappa shape index (κ3) is 3.47. The van der Waals surface area contributed by atoms with Crippen molar-refractivity contribution in [3.8, 4) is 11.3 Å². The summed E-state index contributed by atoms with van der Waals surface area (Å²) in [6.45, 7) is 5.34. The number of hydrogen-bond donors (Lipinski definition) is 1. The van der Waals surface area contributed by atoms with Crippen molar-refractivity contribution in [2.45, 2.75) is 39.2 Å². The second-order valence-electron chi connectivity index (χ2n) is 5.76. The molecular weight excluding hydrogens is 262 g/mol. The summed E-state index contributed by atoms with van der Waals surface area (Å²) in [4.78, 5) is 9.13. The standard InChI is InChI=1S/C16H23N5/c1-2-8-21-12-14(11-20-21)16-15(18-6-7-19-16)9-13-4-3-5-17-10-13/h6-7,11-13,17H,2-5,8-10H2,1H3/t13-/m1/s1. The molecule has 3 heterocycles. The number of aryl methyl sites for hydroxylation is 1. The maximum Gasteiger partial charge on any atom is 0.0948 e. The fourth-order valence-electron chi connectivity index (χ4n) is 2.97. The van der Waals surface area contributed by atoms with Gasteiger partial charge in [0.2, 0.25) is 0 Å². The van der Waals surface area contributed by atoms with Gasteiger partial charge in [-0.3, -0.25) is 14.6 Å². The van der Waals surface area contributed by atoms with Crippen LogP contribution in [0.25, 0.3) is 11.3 Å². The average molecular weight is 285 g/mol. The molecule has 0 bridgehead atoms. The molecule has 0 saturated carbocycles. The summed E-state index contributed by atoms with van der Waals surface area (Å²) >= 11 is 0. The lowest BCUT2D eigenvalue weighted by Gasteiger charge is -2.22. The second-order valence-corrected chi connectivity index (χ2v) is 5.76. The van der Waals surface area contributed by atoms with Gasteiger partial charge in [0.25, 0.3) is 0 Å². The molecule has 21 heavy (non-hydrogen) atoms. The molecule has 0 aliphatic carbocycles. The lowest BCUT2D eigenvalue weighted by atomic mass is 9.93. The molecule has 0 amide bonds. The van der Waals surface area contributed by atoms with E-state index in [0.29, 0.717) is 5.92 Å². The minimum atomic E-state index is 0.667. The van der Waals surface area contributed by atoms with Gasteiger partial charge in [0, 0.05) is 30.7 Å². The van der Waals surface area contributed by atoms with Crippen molar-refractivity contribution in [2.75, 3.05) is 13.1 Å². The highest BCUT2D eigenvalue weighted by Crippen LogP contribution is 2.23. The molecule has 1 aliphatic heterocycles. The SMILES string of the molecule is CCCn1cc(-c2nccnc2C[C@H]2CCCNC2)cn1. The van der Waals surface area contributed by atoms with E-state index in [0.717, 1.165) is 49.4 Å². The van der Waals surface area contributed by atoms with E-state index in [-0.39, 0.29) is 0 Å². The molecule has 3 rings (SSSR count). The fraction of sp³-hybridized carbons (Fsp3) is 0.562. The zero-order valence-corrected chi connectivity index (χ0v) is 12.6. The molecule has 1 atom stereocenters. The van der Waals surface area contributed by atoms with E-state index >= 15 is 0 Å². The highest BCUT2D eigenvalue weighted by Gasteiger charge is 2.18. The molecule has 1 N–H and O–H groups in total. The van der Waals surface area contributed by atoms with Crippen molar-refractivity contribution < 1.29 is 0 Å². The summed E-state index contributed by atoms with van der Waals surface area (Å²) in [5.74, 6) is 0.667. The van der Waals surface area contributed by atoms with Gasteiger partial charge in [-0.2, -0.15) is 5.10 Å². The normalized spacial score (nSPS) is 18.8. The Hall–Kier alpha value is -1.75. The Labute approximate surface area is 125 Å². The largest absolute Gasteiger partial charge is 0.316 e. The second kappa shape index (κ2) is 6.80. The van der Waals surface area contributed by atoms with Crippen LogP contribution in [-0.4, -0.2) is 32.8 Å². The van der Waals surface area contributed by atoms with E-state index in [1.807, 2.05) is 10.9 Å². The van der Waals surface area contributed by atoms with E-state index in [2.05, 4.69) is 33.5 Å². The average Bonchev–Trinajstić information content (AvgIpc) is 2.98. The highest BCUT2D eigenvalue weighted by atomic mass is 15.3. The minimum absolute atomic E-state index is 0.667. The van der Waals surface area contributed by atoms with Crippen LogP contribution in [0.15, 0.2) is 24.8 Å². The van der Waals surface area contributed by atoms with Crippen LogP contribution >= 0.6 is 0 Å². The van der Waals surface area contributed by atoms with Crippen LogP contribution in [0.2, 0.25) is 0 Å².